The molecule has 4 nitrogen and oxygen atoms in total. The first-order valence-electron chi connectivity index (χ1n) is 19.5. The molecule has 0 spiro atoms. The maximum atomic E-state index is 5.78. The Morgan fingerprint density at radius 2 is 0.842 bits per heavy atom. The van der Waals surface area contributed by atoms with Gasteiger partial charge in [0, 0.05) is 0 Å². The molecule has 0 N–H and O–H groups in total. The van der Waals surface area contributed by atoms with Crippen LogP contribution in [0.2, 0.25) is 0 Å². The van der Waals surface area contributed by atoms with Crippen molar-refractivity contribution in [2.24, 2.45) is 0 Å². The van der Waals surface area contributed by atoms with E-state index < -0.39 is 13.3 Å². The molecule has 1 aliphatic heterocycles. The SMILES string of the molecule is c1ccc(-c2nc(-n3c4ccccc4c4c5c6ccccc6n(-c6ccccc6)c5ccc43)nc3[c]2[Ge]([c]2ccccc2)([c]2ccccc2)[c]2ccccc2-3)cc1. The fraction of sp³-hybridized carbons (Fsp3) is 0. The van der Waals surface area contributed by atoms with Crippen molar-refractivity contribution in [1.82, 2.24) is 19.1 Å². The summed E-state index contributed by atoms with van der Waals surface area (Å²) in [5.74, 6) is 0.680. The van der Waals surface area contributed by atoms with Gasteiger partial charge in [-0.3, -0.25) is 0 Å². The van der Waals surface area contributed by atoms with Crippen LogP contribution in [0, 0.1) is 0 Å². The summed E-state index contributed by atoms with van der Waals surface area (Å²) in [6, 6.07) is 75.0. The molecule has 0 radical (unpaired) electrons. The van der Waals surface area contributed by atoms with E-state index in [1.54, 1.807) is 0 Å². The molecule has 0 saturated heterocycles. The van der Waals surface area contributed by atoms with Gasteiger partial charge in [-0.15, -0.1) is 0 Å². The average Bonchev–Trinajstić information content (AvgIpc) is 3.92. The second-order valence-corrected chi connectivity index (χ2v) is 22.6. The molecular weight excluding hydrogens is 753 g/mol. The summed E-state index contributed by atoms with van der Waals surface area (Å²) in [5.41, 5.74) is 10.0. The van der Waals surface area contributed by atoms with Crippen molar-refractivity contribution in [3.05, 3.63) is 206 Å². The van der Waals surface area contributed by atoms with Gasteiger partial charge in [0.1, 0.15) is 0 Å². The Morgan fingerprint density at radius 3 is 1.47 bits per heavy atom. The molecule has 1 aliphatic rings. The van der Waals surface area contributed by atoms with Gasteiger partial charge >= 0.3 is 316 Å². The summed E-state index contributed by atoms with van der Waals surface area (Å²) < 4.78 is 10.1. The van der Waals surface area contributed by atoms with Gasteiger partial charge in [-0.2, -0.15) is 0 Å². The predicted octanol–water partition coefficient (Wildman–Crippen LogP) is 9.70. The van der Waals surface area contributed by atoms with Crippen molar-refractivity contribution in [1.29, 1.82) is 0 Å². The third kappa shape index (κ3) is 4.50. The number of rotatable bonds is 5. The standard InChI is InChI=1S/C52H34GeN4/c1-5-19-35(20-6-1)50-49-51(39-27-13-16-30-42(39)53(49,36-21-7-2-8-22-36)37-23-9-3-10-24-37)55-52(54-50)57-44-32-18-15-29-41(44)48-46(57)34-33-45-47(48)40-28-14-17-31-43(40)56(45)38-25-11-4-12-26-38/h1-34H. The van der Waals surface area contributed by atoms with Gasteiger partial charge in [0.2, 0.25) is 0 Å². The Labute approximate surface area is 332 Å². The predicted molar refractivity (Wildman–Crippen MR) is 239 cm³/mol. The summed E-state index contributed by atoms with van der Waals surface area (Å²) in [4.78, 5) is 11.5. The fourth-order valence-electron chi connectivity index (χ4n) is 9.79. The van der Waals surface area contributed by atoms with Gasteiger partial charge in [-0.1, -0.05) is 18.2 Å². The maximum absolute atomic E-state index is 5.78. The number of nitrogens with zero attached hydrogens (tertiary/aromatic N) is 4. The Hall–Kier alpha value is -7.02. The van der Waals surface area contributed by atoms with Crippen LogP contribution in [0.25, 0.3) is 77.8 Å². The van der Waals surface area contributed by atoms with E-state index in [4.69, 9.17) is 9.97 Å². The van der Waals surface area contributed by atoms with Gasteiger partial charge in [0.25, 0.3) is 0 Å². The van der Waals surface area contributed by atoms with E-state index in [-0.39, 0.29) is 0 Å². The van der Waals surface area contributed by atoms with Crippen LogP contribution in [0.4, 0.5) is 0 Å². The second-order valence-electron chi connectivity index (χ2n) is 14.9. The molecular formula is C52H34GeN4. The van der Waals surface area contributed by atoms with Crippen LogP contribution in [0.1, 0.15) is 0 Å². The van der Waals surface area contributed by atoms with E-state index >= 15 is 0 Å². The molecule has 266 valence electrons. The normalized spacial score (nSPS) is 13.1. The summed E-state index contributed by atoms with van der Waals surface area (Å²) in [7, 11) is 0. The summed E-state index contributed by atoms with van der Waals surface area (Å²) in [6.07, 6.45) is 0. The molecule has 57 heavy (non-hydrogen) atoms. The number of hydrogen-bond acceptors (Lipinski definition) is 2. The Bertz CT molecular complexity index is 3290. The molecule has 0 saturated carbocycles. The average molecular weight is 787 g/mol. The molecule has 3 aromatic heterocycles. The first-order chi connectivity index (χ1) is 28.3. The van der Waals surface area contributed by atoms with Gasteiger partial charge in [-0.05, 0) is 0 Å². The minimum atomic E-state index is -3.69. The number of hydrogen-bond donors (Lipinski definition) is 0. The molecule has 0 fully saturated rings. The van der Waals surface area contributed by atoms with Crippen molar-refractivity contribution >= 4 is 74.5 Å². The number of fused-ring (bicyclic) bond motifs is 10. The van der Waals surface area contributed by atoms with Crippen LogP contribution in [0.15, 0.2) is 206 Å². The molecule has 11 aromatic rings. The van der Waals surface area contributed by atoms with E-state index in [0.29, 0.717) is 5.95 Å². The number of benzene rings is 8. The third-order valence-electron chi connectivity index (χ3n) is 12.0. The van der Waals surface area contributed by atoms with Crippen molar-refractivity contribution in [3.63, 3.8) is 0 Å². The fourth-order valence-corrected chi connectivity index (χ4v) is 20.8. The number of aromatic nitrogens is 4. The molecule has 12 rings (SSSR count). The van der Waals surface area contributed by atoms with E-state index in [1.807, 2.05) is 0 Å². The van der Waals surface area contributed by atoms with Crippen LogP contribution < -0.4 is 17.6 Å². The zero-order chi connectivity index (χ0) is 37.5. The number of para-hydroxylation sites is 3. The molecule has 0 atom stereocenters. The summed E-state index contributed by atoms with van der Waals surface area (Å²) >= 11 is -3.69. The minimum absolute atomic E-state index is 0.680. The first-order valence-corrected chi connectivity index (χ1v) is 23.7. The van der Waals surface area contributed by atoms with Gasteiger partial charge in [-0.25, -0.2) is 0 Å². The molecule has 0 aliphatic carbocycles. The zero-order valence-corrected chi connectivity index (χ0v) is 33.0. The van der Waals surface area contributed by atoms with Crippen molar-refractivity contribution in [2.45, 2.75) is 0 Å². The Balaban J connectivity index is 1.24. The zero-order valence-electron chi connectivity index (χ0n) is 30.9. The third-order valence-corrected chi connectivity index (χ3v) is 22.2. The van der Waals surface area contributed by atoms with E-state index in [9.17, 15) is 0 Å². The van der Waals surface area contributed by atoms with Crippen LogP contribution in [-0.4, -0.2) is 32.4 Å². The van der Waals surface area contributed by atoms with Crippen molar-refractivity contribution < 1.29 is 0 Å². The van der Waals surface area contributed by atoms with Crippen LogP contribution >= 0.6 is 0 Å². The Kier molecular flexibility index (Phi) is 7.07. The monoisotopic (exact) mass is 788 g/mol. The van der Waals surface area contributed by atoms with Gasteiger partial charge < -0.3 is 0 Å². The molecule has 4 heterocycles. The van der Waals surface area contributed by atoms with Gasteiger partial charge in [0.15, 0.2) is 0 Å². The van der Waals surface area contributed by atoms with Crippen molar-refractivity contribution in [2.75, 3.05) is 0 Å². The summed E-state index contributed by atoms with van der Waals surface area (Å²) in [6.45, 7) is 0. The molecule has 0 unspecified atom stereocenters. The summed E-state index contributed by atoms with van der Waals surface area (Å²) in [5, 5.41) is 4.85. The van der Waals surface area contributed by atoms with Crippen LogP contribution in [-0.2, 0) is 0 Å². The molecule has 0 amide bonds. The first kappa shape index (κ1) is 32.2. The van der Waals surface area contributed by atoms with Crippen LogP contribution in [0.5, 0.6) is 0 Å². The van der Waals surface area contributed by atoms with E-state index in [0.717, 1.165) is 33.7 Å². The van der Waals surface area contributed by atoms with Gasteiger partial charge in [0.05, 0.1) is 0 Å². The van der Waals surface area contributed by atoms with E-state index in [1.165, 1.54) is 55.7 Å². The Morgan fingerprint density at radius 1 is 0.368 bits per heavy atom. The van der Waals surface area contributed by atoms with E-state index in [2.05, 4.69) is 215 Å². The molecule has 5 heteroatoms. The quantitative estimate of drug-likeness (QED) is 0.163. The molecule has 8 aromatic carbocycles. The second kappa shape index (κ2) is 12.5. The van der Waals surface area contributed by atoms with Crippen LogP contribution in [0.3, 0.4) is 0 Å². The topological polar surface area (TPSA) is 35.6 Å². The molecule has 0 bridgehead atoms. The van der Waals surface area contributed by atoms with Crippen molar-refractivity contribution in [3.8, 4) is 34.2 Å².